The summed E-state index contributed by atoms with van der Waals surface area (Å²) in [7, 11) is 0. The Morgan fingerprint density at radius 2 is 1.85 bits per heavy atom. The van der Waals surface area contributed by atoms with Crippen molar-refractivity contribution >= 4 is 23.4 Å². The van der Waals surface area contributed by atoms with Crippen LogP contribution >= 0.6 is 11.8 Å². The van der Waals surface area contributed by atoms with Crippen LogP contribution in [0.5, 0.6) is 0 Å². The number of benzene rings is 2. The highest BCUT2D eigenvalue weighted by Crippen LogP contribution is 2.37. The van der Waals surface area contributed by atoms with Gasteiger partial charge in [0, 0.05) is 22.9 Å². The number of aromatic nitrogens is 2. The number of thioether (sulfide) groups is 1. The highest BCUT2D eigenvalue weighted by atomic mass is 32.2. The van der Waals surface area contributed by atoms with Gasteiger partial charge in [0.15, 0.2) is 5.69 Å². The standard InChI is InChI=1S/C20H18FN3OS/c1-14-10-12-23(18-8-4-5-9-19(18)26-14)20(25)16-11-13-24(22-16)17-7-3-2-6-15(17)21/h2-9,11,13-14H,10,12H2,1H3. The number of fused-ring (bicyclic) bond motifs is 1. The maximum atomic E-state index is 14.0. The Balaban J connectivity index is 1.67. The van der Waals surface area contributed by atoms with Crippen LogP contribution < -0.4 is 4.90 Å². The summed E-state index contributed by atoms with van der Waals surface area (Å²) in [5.41, 5.74) is 1.54. The maximum Gasteiger partial charge on any atom is 0.278 e. The van der Waals surface area contributed by atoms with E-state index in [1.165, 1.54) is 10.7 Å². The third-order valence-electron chi connectivity index (χ3n) is 4.40. The van der Waals surface area contributed by atoms with Crippen LogP contribution in [0.15, 0.2) is 65.7 Å². The van der Waals surface area contributed by atoms with Crippen LogP contribution in [-0.2, 0) is 0 Å². The van der Waals surface area contributed by atoms with E-state index in [-0.39, 0.29) is 11.7 Å². The summed E-state index contributed by atoms with van der Waals surface area (Å²) in [6.45, 7) is 2.80. The second kappa shape index (κ2) is 6.96. The highest BCUT2D eigenvalue weighted by molar-refractivity contribution is 8.00. The van der Waals surface area contributed by atoms with Crippen LogP contribution in [0.3, 0.4) is 0 Å². The van der Waals surface area contributed by atoms with Crippen molar-refractivity contribution in [3.63, 3.8) is 0 Å². The fourth-order valence-electron chi connectivity index (χ4n) is 3.05. The van der Waals surface area contributed by atoms with Crippen LogP contribution in [0.4, 0.5) is 10.1 Å². The van der Waals surface area contributed by atoms with Crippen molar-refractivity contribution in [2.75, 3.05) is 11.4 Å². The van der Waals surface area contributed by atoms with Gasteiger partial charge in [0.05, 0.1) is 5.69 Å². The summed E-state index contributed by atoms with van der Waals surface area (Å²) in [5.74, 6) is -0.540. The van der Waals surface area contributed by atoms with E-state index in [1.54, 1.807) is 47.1 Å². The molecule has 1 aromatic heterocycles. The molecule has 1 unspecified atom stereocenters. The summed E-state index contributed by atoms with van der Waals surface area (Å²) in [6, 6.07) is 15.9. The summed E-state index contributed by atoms with van der Waals surface area (Å²) in [5, 5.41) is 4.75. The van der Waals surface area contributed by atoms with Crippen LogP contribution in [0.25, 0.3) is 5.69 Å². The Morgan fingerprint density at radius 1 is 1.12 bits per heavy atom. The van der Waals surface area contributed by atoms with Crippen molar-refractivity contribution in [3.05, 3.63) is 72.3 Å². The van der Waals surface area contributed by atoms with Gasteiger partial charge in [-0.3, -0.25) is 4.79 Å². The summed E-state index contributed by atoms with van der Waals surface area (Å²) >= 11 is 1.78. The molecule has 1 aliphatic heterocycles. The summed E-state index contributed by atoms with van der Waals surface area (Å²) < 4.78 is 15.4. The minimum atomic E-state index is -0.375. The van der Waals surface area contributed by atoms with Gasteiger partial charge in [-0.1, -0.05) is 31.2 Å². The maximum absolute atomic E-state index is 14.0. The van der Waals surface area contributed by atoms with Gasteiger partial charge in [0.2, 0.25) is 0 Å². The van der Waals surface area contributed by atoms with Gasteiger partial charge in [0.25, 0.3) is 5.91 Å². The molecule has 1 atom stereocenters. The number of hydrogen-bond acceptors (Lipinski definition) is 3. The summed E-state index contributed by atoms with van der Waals surface area (Å²) in [4.78, 5) is 16.0. The zero-order valence-corrected chi connectivity index (χ0v) is 15.1. The van der Waals surface area contributed by atoms with Crippen LogP contribution in [0, 0.1) is 5.82 Å². The fourth-order valence-corrected chi connectivity index (χ4v) is 4.16. The van der Waals surface area contributed by atoms with Gasteiger partial charge in [-0.15, -0.1) is 11.8 Å². The Kier molecular flexibility index (Phi) is 4.51. The van der Waals surface area contributed by atoms with Crippen LogP contribution in [0.1, 0.15) is 23.8 Å². The van der Waals surface area contributed by atoms with Crippen LogP contribution in [0.2, 0.25) is 0 Å². The number of rotatable bonds is 2. The Hall–Kier alpha value is -2.60. The smallest absolute Gasteiger partial charge is 0.278 e. The lowest BCUT2D eigenvalue weighted by Gasteiger charge is -2.21. The van der Waals surface area contributed by atoms with E-state index in [0.717, 1.165) is 17.0 Å². The van der Waals surface area contributed by atoms with E-state index in [9.17, 15) is 9.18 Å². The number of amides is 1. The van der Waals surface area contributed by atoms with Crippen molar-refractivity contribution in [1.82, 2.24) is 9.78 Å². The van der Waals surface area contributed by atoms with Crippen molar-refractivity contribution in [1.29, 1.82) is 0 Å². The van der Waals surface area contributed by atoms with Gasteiger partial charge in [-0.25, -0.2) is 9.07 Å². The Bertz CT molecular complexity index is 955. The first-order chi connectivity index (χ1) is 12.6. The molecule has 0 bridgehead atoms. The molecule has 0 saturated carbocycles. The monoisotopic (exact) mass is 367 g/mol. The average Bonchev–Trinajstić information content (AvgIpc) is 3.06. The topological polar surface area (TPSA) is 38.1 Å². The predicted octanol–water partition coefficient (Wildman–Crippen LogP) is 4.54. The summed E-state index contributed by atoms with van der Waals surface area (Å²) in [6.07, 6.45) is 2.52. The van der Waals surface area contributed by atoms with E-state index < -0.39 is 0 Å². The van der Waals surface area contributed by atoms with E-state index in [2.05, 4.69) is 12.0 Å². The molecule has 1 aliphatic rings. The molecule has 2 aromatic carbocycles. The number of anilines is 1. The first-order valence-electron chi connectivity index (χ1n) is 8.51. The minimum Gasteiger partial charge on any atom is -0.306 e. The van der Waals surface area contributed by atoms with Crippen molar-refractivity contribution in [2.24, 2.45) is 0 Å². The third-order valence-corrected chi connectivity index (χ3v) is 5.63. The van der Waals surface area contributed by atoms with Crippen molar-refractivity contribution < 1.29 is 9.18 Å². The molecule has 26 heavy (non-hydrogen) atoms. The number of nitrogens with zero attached hydrogens (tertiary/aromatic N) is 3. The van der Waals surface area contributed by atoms with Crippen LogP contribution in [-0.4, -0.2) is 27.5 Å². The molecule has 1 amide bonds. The zero-order chi connectivity index (χ0) is 18.1. The molecule has 2 heterocycles. The largest absolute Gasteiger partial charge is 0.306 e. The molecule has 6 heteroatoms. The Morgan fingerprint density at radius 3 is 2.65 bits per heavy atom. The normalized spacial score (nSPS) is 16.8. The van der Waals surface area contributed by atoms with Gasteiger partial charge >= 0.3 is 0 Å². The molecule has 0 saturated heterocycles. The lowest BCUT2D eigenvalue weighted by atomic mass is 10.2. The SMILES string of the molecule is CC1CCN(C(=O)c2ccn(-c3ccccc3F)n2)c2ccccc2S1. The minimum absolute atomic E-state index is 0.165. The third kappa shape index (κ3) is 3.12. The molecule has 3 aromatic rings. The molecule has 0 N–H and O–H groups in total. The number of carbonyl (C=O) groups is 1. The van der Waals surface area contributed by atoms with Gasteiger partial charge in [-0.05, 0) is 36.8 Å². The van der Waals surface area contributed by atoms with Gasteiger partial charge in [0.1, 0.15) is 11.5 Å². The molecule has 0 spiro atoms. The Labute approximate surface area is 155 Å². The highest BCUT2D eigenvalue weighted by Gasteiger charge is 2.26. The number of carbonyl (C=O) groups excluding carboxylic acids is 1. The fraction of sp³-hybridized carbons (Fsp3) is 0.200. The predicted molar refractivity (Wildman–Crippen MR) is 102 cm³/mol. The van der Waals surface area contributed by atoms with Gasteiger partial charge in [-0.2, -0.15) is 5.10 Å². The molecule has 0 aliphatic carbocycles. The van der Waals surface area contributed by atoms with E-state index in [0.29, 0.717) is 23.2 Å². The van der Waals surface area contributed by atoms with Crippen molar-refractivity contribution in [3.8, 4) is 5.69 Å². The molecular formula is C20H18FN3OS. The first kappa shape index (κ1) is 16.8. The average molecular weight is 367 g/mol. The van der Waals surface area contributed by atoms with E-state index >= 15 is 0 Å². The molecule has 0 radical (unpaired) electrons. The van der Waals surface area contributed by atoms with Gasteiger partial charge < -0.3 is 4.90 Å². The number of hydrogen-bond donors (Lipinski definition) is 0. The lowest BCUT2D eigenvalue weighted by Crippen LogP contribution is -2.32. The number of para-hydroxylation sites is 2. The number of halogens is 1. The quantitative estimate of drug-likeness (QED) is 0.667. The second-order valence-corrected chi connectivity index (χ2v) is 7.72. The molecule has 0 fully saturated rings. The molecular weight excluding hydrogens is 349 g/mol. The molecule has 4 nitrogen and oxygen atoms in total. The molecule has 4 rings (SSSR count). The zero-order valence-electron chi connectivity index (χ0n) is 14.3. The van der Waals surface area contributed by atoms with E-state index in [4.69, 9.17) is 0 Å². The first-order valence-corrected chi connectivity index (χ1v) is 9.39. The molecule has 132 valence electrons. The lowest BCUT2D eigenvalue weighted by molar-refractivity contribution is 0.0981. The van der Waals surface area contributed by atoms with E-state index in [1.807, 2.05) is 24.3 Å². The van der Waals surface area contributed by atoms with Crippen molar-refractivity contribution in [2.45, 2.75) is 23.5 Å². The second-order valence-electron chi connectivity index (χ2n) is 6.24.